The number of benzene rings is 1. The Hall–Kier alpha value is -2.04. The molecule has 2 rings (SSSR count). The van der Waals surface area contributed by atoms with Gasteiger partial charge in [-0.3, -0.25) is 0 Å². The molecular weight excluding hydrogens is 280 g/mol. The molecule has 0 aliphatic carbocycles. The molecule has 1 unspecified atom stereocenters. The first-order chi connectivity index (χ1) is 10.3. The van der Waals surface area contributed by atoms with Crippen LogP contribution in [0.1, 0.15) is 39.2 Å². The molecule has 1 fully saturated rings. The quantitative estimate of drug-likeness (QED) is 0.853. The predicted molar refractivity (Wildman–Crippen MR) is 85.8 cm³/mol. The Labute approximate surface area is 131 Å². The van der Waals surface area contributed by atoms with Crippen molar-refractivity contribution >= 4 is 17.7 Å². The summed E-state index contributed by atoms with van der Waals surface area (Å²) < 4.78 is 5.41. The number of aryl methyl sites for hydroxylation is 1. The first kappa shape index (κ1) is 16.3. The number of ether oxygens (including phenoxy) is 1. The average molecular weight is 304 g/mol. The Bertz CT molecular complexity index is 546. The lowest BCUT2D eigenvalue weighted by Gasteiger charge is -2.27. The minimum Gasteiger partial charge on any atom is -0.458 e. The van der Waals surface area contributed by atoms with Crippen molar-refractivity contribution in [2.24, 2.45) is 0 Å². The van der Waals surface area contributed by atoms with Crippen molar-refractivity contribution in [2.45, 2.75) is 52.2 Å². The Balaban J connectivity index is 2.01. The van der Waals surface area contributed by atoms with Gasteiger partial charge in [-0.25, -0.2) is 9.59 Å². The van der Waals surface area contributed by atoms with Crippen LogP contribution in [0.15, 0.2) is 24.3 Å². The Morgan fingerprint density at radius 2 is 1.86 bits per heavy atom. The van der Waals surface area contributed by atoms with E-state index in [1.807, 2.05) is 52.0 Å². The number of carbonyl (C=O) groups excluding carboxylic acids is 2. The Morgan fingerprint density at radius 3 is 2.45 bits per heavy atom. The fourth-order valence-corrected chi connectivity index (χ4v) is 2.46. The maximum Gasteiger partial charge on any atom is 0.329 e. The minimum absolute atomic E-state index is 0.253. The summed E-state index contributed by atoms with van der Waals surface area (Å²) >= 11 is 0. The van der Waals surface area contributed by atoms with Gasteiger partial charge in [0.1, 0.15) is 11.6 Å². The van der Waals surface area contributed by atoms with E-state index in [4.69, 9.17) is 4.74 Å². The van der Waals surface area contributed by atoms with Gasteiger partial charge in [0.15, 0.2) is 0 Å². The number of hydrogen-bond acceptors (Lipinski definition) is 3. The molecule has 1 aliphatic heterocycles. The SMILES string of the molecule is Cc1ccc(NC(=O)N2CCCC2C(=O)OC(C)(C)C)cc1. The standard InChI is InChI=1S/C17H24N2O3/c1-12-7-9-13(10-8-12)18-16(21)19-11-5-6-14(19)15(20)22-17(2,3)4/h7-10,14H,5-6,11H2,1-4H3,(H,18,21). The lowest BCUT2D eigenvalue weighted by molar-refractivity contribution is -0.159. The van der Waals surface area contributed by atoms with Crippen molar-refractivity contribution in [3.8, 4) is 0 Å². The van der Waals surface area contributed by atoms with E-state index in [0.717, 1.165) is 17.7 Å². The van der Waals surface area contributed by atoms with Gasteiger partial charge in [-0.1, -0.05) is 17.7 Å². The number of nitrogens with zero attached hydrogens (tertiary/aromatic N) is 1. The number of esters is 1. The van der Waals surface area contributed by atoms with Crippen LogP contribution in [0.3, 0.4) is 0 Å². The van der Waals surface area contributed by atoms with E-state index in [0.29, 0.717) is 13.0 Å². The number of rotatable bonds is 2. The molecule has 1 N–H and O–H groups in total. The molecule has 2 amide bonds. The predicted octanol–water partition coefficient (Wildman–Crippen LogP) is 3.33. The van der Waals surface area contributed by atoms with Gasteiger partial charge in [0, 0.05) is 12.2 Å². The number of amides is 2. The van der Waals surface area contributed by atoms with Gasteiger partial charge in [0.2, 0.25) is 0 Å². The Morgan fingerprint density at radius 1 is 1.23 bits per heavy atom. The Kier molecular flexibility index (Phi) is 4.74. The van der Waals surface area contributed by atoms with Gasteiger partial charge >= 0.3 is 12.0 Å². The molecule has 5 heteroatoms. The van der Waals surface area contributed by atoms with Crippen molar-refractivity contribution in [3.63, 3.8) is 0 Å². The molecule has 5 nitrogen and oxygen atoms in total. The van der Waals surface area contributed by atoms with Crippen LogP contribution in [0.2, 0.25) is 0 Å². The zero-order valence-electron chi connectivity index (χ0n) is 13.7. The molecule has 22 heavy (non-hydrogen) atoms. The van der Waals surface area contributed by atoms with Gasteiger partial charge in [-0.2, -0.15) is 0 Å². The maximum atomic E-state index is 12.4. The number of likely N-dealkylation sites (tertiary alicyclic amines) is 1. The summed E-state index contributed by atoms with van der Waals surface area (Å²) in [6.45, 7) is 8.05. The van der Waals surface area contributed by atoms with Crippen LogP contribution in [0.25, 0.3) is 0 Å². The van der Waals surface area contributed by atoms with Crippen molar-refractivity contribution in [1.29, 1.82) is 0 Å². The van der Waals surface area contributed by atoms with Gasteiger partial charge in [0.25, 0.3) is 0 Å². The van der Waals surface area contributed by atoms with Crippen LogP contribution in [0, 0.1) is 6.92 Å². The highest BCUT2D eigenvalue weighted by atomic mass is 16.6. The number of hydrogen-bond donors (Lipinski definition) is 1. The van der Waals surface area contributed by atoms with Gasteiger partial charge in [0.05, 0.1) is 0 Å². The molecule has 1 heterocycles. The van der Waals surface area contributed by atoms with Crippen molar-refractivity contribution in [1.82, 2.24) is 4.90 Å². The molecule has 0 radical (unpaired) electrons. The van der Waals surface area contributed by atoms with E-state index in [1.165, 1.54) is 0 Å². The number of nitrogens with one attached hydrogen (secondary N) is 1. The third-order valence-corrected chi connectivity index (χ3v) is 3.50. The van der Waals surface area contributed by atoms with E-state index in [-0.39, 0.29) is 12.0 Å². The van der Waals surface area contributed by atoms with Crippen LogP contribution in [-0.2, 0) is 9.53 Å². The second kappa shape index (κ2) is 6.38. The highest BCUT2D eigenvalue weighted by Gasteiger charge is 2.36. The first-order valence-electron chi connectivity index (χ1n) is 7.63. The van der Waals surface area contributed by atoms with Crippen LogP contribution in [0.5, 0.6) is 0 Å². The summed E-state index contributed by atoms with van der Waals surface area (Å²) in [6.07, 6.45) is 1.46. The fourth-order valence-electron chi connectivity index (χ4n) is 2.46. The summed E-state index contributed by atoms with van der Waals surface area (Å²) in [5, 5.41) is 2.84. The van der Waals surface area contributed by atoms with E-state index in [2.05, 4.69) is 5.32 Å². The largest absolute Gasteiger partial charge is 0.458 e. The lowest BCUT2D eigenvalue weighted by atomic mass is 10.1. The highest BCUT2D eigenvalue weighted by molar-refractivity contribution is 5.93. The third-order valence-electron chi connectivity index (χ3n) is 3.50. The van der Waals surface area contributed by atoms with Crippen molar-refractivity contribution in [2.75, 3.05) is 11.9 Å². The molecule has 0 spiro atoms. The van der Waals surface area contributed by atoms with Crippen molar-refractivity contribution in [3.05, 3.63) is 29.8 Å². The number of carbonyl (C=O) groups is 2. The number of urea groups is 1. The summed E-state index contributed by atoms with van der Waals surface area (Å²) in [5.74, 6) is -0.330. The van der Waals surface area contributed by atoms with Crippen LogP contribution in [0.4, 0.5) is 10.5 Å². The number of anilines is 1. The van der Waals surface area contributed by atoms with E-state index < -0.39 is 11.6 Å². The molecule has 1 aromatic carbocycles. The summed E-state index contributed by atoms with van der Waals surface area (Å²) in [6, 6.07) is 6.83. The average Bonchev–Trinajstić information content (AvgIpc) is 2.89. The van der Waals surface area contributed by atoms with Crippen LogP contribution in [-0.4, -0.2) is 35.1 Å². The fraction of sp³-hybridized carbons (Fsp3) is 0.529. The van der Waals surface area contributed by atoms with Gasteiger partial charge < -0.3 is 15.0 Å². The van der Waals surface area contributed by atoms with E-state index >= 15 is 0 Å². The molecule has 1 aromatic rings. The third kappa shape index (κ3) is 4.23. The zero-order chi connectivity index (χ0) is 16.3. The molecule has 0 saturated carbocycles. The van der Waals surface area contributed by atoms with E-state index in [1.54, 1.807) is 4.90 Å². The molecule has 0 bridgehead atoms. The van der Waals surface area contributed by atoms with Crippen LogP contribution < -0.4 is 5.32 Å². The molecule has 120 valence electrons. The molecule has 1 atom stereocenters. The normalized spacial score (nSPS) is 18.2. The highest BCUT2D eigenvalue weighted by Crippen LogP contribution is 2.22. The minimum atomic E-state index is -0.543. The molecule has 0 aromatic heterocycles. The van der Waals surface area contributed by atoms with Gasteiger partial charge in [-0.15, -0.1) is 0 Å². The monoisotopic (exact) mass is 304 g/mol. The van der Waals surface area contributed by atoms with E-state index in [9.17, 15) is 9.59 Å². The van der Waals surface area contributed by atoms with Crippen molar-refractivity contribution < 1.29 is 14.3 Å². The second-order valence-electron chi connectivity index (χ2n) is 6.68. The summed E-state index contributed by atoms with van der Waals surface area (Å²) in [7, 11) is 0. The molecule has 1 saturated heterocycles. The van der Waals surface area contributed by atoms with Crippen LogP contribution >= 0.6 is 0 Å². The lowest BCUT2D eigenvalue weighted by Crippen LogP contribution is -2.45. The first-order valence-corrected chi connectivity index (χ1v) is 7.63. The zero-order valence-corrected chi connectivity index (χ0v) is 13.7. The second-order valence-corrected chi connectivity index (χ2v) is 6.68. The maximum absolute atomic E-state index is 12.4. The smallest absolute Gasteiger partial charge is 0.329 e. The molecule has 1 aliphatic rings. The molecular formula is C17H24N2O3. The summed E-state index contributed by atoms with van der Waals surface area (Å²) in [5.41, 5.74) is 1.31. The topological polar surface area (TPSA) is 58.6 Å². The summed E-state index contributed by atoms with van der Waals surface area (Å²) in [4.78, 5) is 26.2. The van der Waals surface area contributed by atoms with Gasteiger partial charge in [-0.05, 0) is 52.7 Å².